The van der Waals surface area contributed by atoms with E-state index in [-0.39, 0.29) is 0 Å². The van der Waals surface area contributed by atoms with Crippen LogP contribution in [0, 0.1) is 0 Å². The Morgan fingerprint density at radius 2 is 1.12 bits per heavy atom. The van der Waals surface area contributed by atoms with E-state index in [1.54, 1.807) is 12.2 Å². The summed E-state index contributed by atoms with van der Waals surface area (Å²) in [5.41, 5.74) is 0. The van der Waals surface area contributed by atoms with Crippen molar-refractivity contribution < 1.29 is 9.90 Å². The van der Waals surface area contributed by atoms with Crippen molar-refractivity contribution in [2.45, 2.75) is 58.3 Å². The monoisotopic (exact) mass is 328 g/mol. The van der Waals surface area contributed by atoms with Crippen LogP contribution in [0.25, 0.3) is 0 Å². The lowest BCUT2D eigenvalue weighted by Gasteiger charge is -1.98. The number of hydrogen-bond acceptors (Lipinski definition) is 1. The van der Waals surface area contributed by atoms with Crippen LogP contribution in [0.2, 0.25) is 0 Å². The molecule has 0 bridgehead atoms. The molecule has 0 aromatic carbocycles. The molecule has 0 radical (unpaired) electrons. The van der Waals surface area contributed by atoms with Gasteiger partial charge in [0.05, 0.1) is 0 Å². The van der Waals surface area contributed by atoms with E-state index in [0.717, 1.165) is 12.5 Å². The third kappa shape index (κ3) is 19.9. The summed E-state index contributed by atoms with van der Waals surface area (Å²) in [7, 11) is 0. The molecule has 0 saturated carbocycles. The van der Waals surface area contributed by atoms with Gasteiger partial charge < -0.3 is 5.11 Å². The van der Waals surface area contributed by atoms with Gasteiger partial charge in [0.2, 0.25) is 0 Å². The van der Waals surface area contributed by atoms with Crippen LogP contribution < -0.4 is 0 Å². The van der Waals surface area contributed by atoms with Gasteiger partial charge in [0, 0.05) is 6.08 Å². The molecule has 0 saturated heterocycles. The Hall–Kier alpha value is -2.09. The Morgan fingerprint density at radius 1 is 0.667 bits per heavy atom. The van der Waals surface area contributed by atoms with Gasteiger partial charge in [-0.3, -0.25) is 0 Å². The largest absolute Gasteiger partial charge is 0.478 e. The minimum absolute atomic E-state index is 0.936. The molecule has 0 amide bonds. The molecule has 24 heavy (non-hydrogen) atoms. The summed E-state index contributed by atoms with van der Waals surface area (Å²) in [5.74, 6) is -0.936. The molecular formula is C22H32O2. The highest BCUT2D eigenvalue weighted by Gasteiger charge is 1.88. The highest BCUT2D eigenvalue weighted by molar-refractivity contribution is 5.80. The number of aliphatic carboxylic acids is 1. The molecule has 0 aliphatic carbocycles. The molecule has 0 unspecified atom stereocenters. The van der Waals surface area contributed by atoms with Gasteiger partial charge in [-0.25, -0.2) is 4.79 Å². The number of unbranched alkanes of at least 4 members (excludes halogenated alkanes) is 7. The summed E-state index contributed by atoms with van der Waals surface area (Å²) in [6.07, 6.45) is 32.7. The van der Waals surface area contributed by atoms with E-state index in [4.69, 9.17) is 5.11 Å². The molecule has 0 atom stereocenters. The highest BCUT2D eigenvalue weighted by Crippen LogP contribution is 2.08. The van der Waals surface area contributed by atoms with E-state index in [2.05, 4.69) is 19.1 Å². The maximum atomic E-state index is 10.2. The molecule has 0 aromatic rings. The summed E-state index contributed by atoms with van der Waals surface area (Å²) in [6.45, 7) is 2.25. The van der Waals surface area contributed by atoms with E-state index >= 15 is 0 Å². The second kappa shape index (κ2) is 19.0. The number of carboxylic acids is 1. The zero-order valence-corrected chi connectivity index (χ0v) is 14.9. The predicted octanol–water partition coefficient (Wildman–Crippen LogP) is 6.55. The lowest BCUT2D eigenvalue weighted by Crippen LogP contribution is -1.84. The molecule has 0 aliphatic heterocycles. The predicted molar refractivity (Wildman–Crippen MR) is 105 cm³/mol. The summed E-state index contributed by atoms with van der Waals surface area (Å²) in [6, 6.07) is 0. The van der Waals surface area contributed by atoms with Gasteiger partial charge in [0.1, 0.15) is 0 Å². The van der Waals surface area contributed by atoms with E-state index in [1.807, 2.05) is 36.5 Å². The van der Waals surface area contributed by atoms with Crippen LogP contribution in [0.3, 0.4) is 0 Å². The lowest BCUT2D eigenvalue weighted by molar-refractivity contribution is -0.131. The number of hydrogen-bond donors (Lipinski definition) is 1. The molecule has 0 rings (SSSR count). The average molecular weight is 328 g/mol. The van der Waals surface area contributed by atoms with E-state index in [9.17, 15) is 4.79 Å². The summed E-state index contributed by atoms with van der Waals surface area (Å²) in [5, 5.41) is 8.39. The van der Waals surface area contributed by atoms with Crippen molar-refractivity contribution in [1.29, 1.82) is 0 Å². The van der Waals surface area contributed by atoms with E-state index in [0.29, 0.717) is 0 Å². The minimum atomic E-state index is -0.936. The van der Waals surface area contributed by atoms with Crippen LogP contribution in [-0.4, -0.2) is 11.1 Å². The Labute approximate surface area is 147 Å². The van der Waals surface area contributed by atoms with Gasteiger partial charge in [-0.15, -0.1) is 0 Å². The summed E-state index contributed by atoms with van der Waals surface area (Å²) in [4.78, 5) is 10.2. The van der Waals surface area contributed by atoms with Crippen molar-refractivity contribution in [3.8, 4) is 0 Å². The second-order valence-corrected chi connectivity index (χ2v) is 5.58. The third-order valence-electron chi connectivity index (χ3n) is 3.35. The molecule has 0 aromatic heterocycles. The zero-order valence-electron chi connectivity index (χ0n) is 14.9. The third-order valence-corrected chi connectivity index (χ3v) is 3.35. The molecule has 0 spiro atoms. The van der Waals surface area contributed by atoms with Crippen molar-refractivity contribution in [2.24, 2.45) is 0 Å². The van der Waals surface area contributed by atoms with Gasteiger partial charge >= 0.3 is 5.97 Å². The first-order chi connectivity index (χ1) is 11.8. The standard InChI is InChI=1S/C22H32O2/c1-2-3-4-5-6-7-8-9-10-11-12-13-14-15-16-17-18-19-20-21-22(23)24/h10-21H,2-9H2,1H3,(H,23,24)/b11-10-,13-12-,15-14+,17-16+,19-18-,21-20+. The Kier molecular flexibility index (Phi) is 17.3. The summed E-state index contributed by atoms with van der Waals surface area (Å²) >= 11 is 0. The number of rotatable bonds is 14. The fourth-order valence-electron chi connectivity index (χ4n) is 2.05. The molecular weight excluding hydrogens is 296 g/mol. The first-order valence-electron chi connectivity index (χ1n) is 9.00. The van der Waals surface area contributed by atoms with Crippen LogP contribution in [0.1, 0.15) is 58.3 Å². The molecule has 0 fully saturated rings. The molecule has 0 aliphatic rings. The summed E-state index contributed by atoms with van der Waals surface area (Å²) < 4.78 is 0. The SMILES string of the molecule is CCCCCCCCC\C=C/C=C\C=C\C=C\C=C/C=C/C(=O)O. The first kappa shape index (κ1) is 21.9. The van der Waals surface area contributed by atoms with Crippen molar-refractivity contribution in [3.63, 3.8) is 0 Å². The van der Waals surface area contributed by atoms with Crippen LogP contribution in [0.5, 0.6) is 0 Å². The molecule has 0 heterocycles. The lowest BCUT2D eigenvalue weighted by atomic mass is 10.1. The number of carbonyl (C=O) groups is 1. The second-order valence-electron chi connectivity index (χ2n) is 5.58. The maximum absolute atomic E-state index is 10.2. The fraction of sp³-hybridized carbons (Fsp3) is 0.409. The highest BCUT2D eigenvalue weighted by atomic mass is 16.4. The van der Waals surface area contributed by atoms with Gasteiger partial charge in [-0.1, -0.05) is 112 Å². The molecule has 1 N–H and O–H groups in total. The maximum Gasteiger partial charge on any atom is 0.328 e. The molecule has 2 heteroatoms. The Bertz CT molecular complexity index is 462. The van der Waals surface area contributed by atoms with Gasteiger partial charge in [0.15, 0.2) is 0 Å². The van der Waals surface area contributed by atoms with Crippen molar-refractivity contribution in [3.05, 3.63) is 72.9 Å². The van der Waals surface area contributed by atoms with E-state index < -0.39 is 5.97 Å². The number of allylic oxidation sites excluding steroid dienone is 11. The van der Waals surface area contributed by atoms with Crippen LogP contribution >= 0.6 is 0 Å². The fourth-order valence-corrected chi connectivity index (χ4v) is 2.05. The Balaban J connectivity index is 3.57. The van der Waals surface area contributed by atoms with Gasteiger partial charge in [-0.2, -0.15) is 0 Å². The van der Waals surface area contributed by atoms with Crippen molar-refractivity contribution >= 4 is 5.97 Å². The number of carboxylic acid groups (broad SMARTS) is 1. The van der Waals surface area contributed by atoms with Gasteiger partial charge in [0.25, 0.3) is 0 Å². The smallest absolute Gasteiger partial charge is 0.328 e. The van der Waals surface area contributed by atoms with Crippen molar-refractivity contribution in [2.75, 3.05) is 0 Å². The zero-order chi connectivity index (χ0) is 17.7. The van der Waals surface area contributed by atoms with E-state index in [1.165, 1.54) is 51.0 Å². The van der Waals surface area contributed by atoms with Crippen LogP contribution in [0.15, 0.2) is 72.9 Å². The molecule has 132 valence electrons. The normalized spacial score (nSPS) is 13.0. The average Bonchev–Trinajstić information content (AvgIpc) is 2.56. The Morgan fingerprint density at radius 3 is 1.67 bits per heavy atom. The quantitative estimate of drug-likeness (QED) is 0.223. The first-order valence-corrected chi connectivity index (χ1v) is 9.00. The van der Waals surface area contributed by atoms with Crippen LogP contribution in [0.4, 0.5) is 0 Å². The topological polar surface area (TPSA) is 37.3 Å². The minimum Gasteiger partial charge on any atom is -0.478 e. The van der Waals surface area contributed by atoms with Gasteiger partial charge in [-0.05, 0) is 12.8 Å². The van der Waals surface area contributed by atoms with Crippen molar-refractivity contribution in [1.82, 2.24) is 0 Å². The molecule has 2 nitrogen and oxygen atoms in total. The van der Waals surface area contributed by atoms with Crippen LogP contribution in [-0.2, 0) is 4.79 Å².